The molecule has 61 heavy (non-hydrogen) atoms. The standard InChI is InChI=1S/C57H35N3O/c1-2-12-36(13-3-1)43-18-10-19-45(33-43)55-58-56(46-31-27-38-15-5-7-17-42(38)34-46)60-57(59-55)51-35-52-53(49-21-9-8-20-48(49)51)50-23-11-22-47(54(50)61-52)40-28-24-39(25-29-40)44-30-26-37-14-4-6-16-41(37)32-44/h1-35H. The van der Waals surface area contributed by atoms with Crippen molar-refractivity contribution in [3.63, 3.8) is 0 Å². The highest BCUT2D eigenvalue weighted by Crippen LogP contribution is 2.43. The molecular weight excluding hydrogens is 743 g/mol. The summed E-state index contributed by atoms with van der Waals surface area (Å²) >= 11 is 0. The lowest BCUT2D eigenvalue weighted by molar-refractivity contribution is 0.670. The Bertz CT molecular complexity index is 3650. The van der Waals surface area contributed by atoms with Gasteiger partial charge in [0.1, 0.15) is 11.2 Å². The molecule has 0 aliphatic carbocycles. The van der Waals surface area contributed by atoms with Gasteiger partial charge in [0.15, 0.2) is 17.5 Å². The molecule has 0 fully saturated rings. The van der Waals surface area contributed by atoms with Gasteiger partial charge in [-0.1, -0.05) is 188 Å². The molecule has 12 aromatic rings. The Balaban J connectivity index is 1.02. The molecule has 0 spiro atoms. The van der Waals surface area contributed by atoms with E-state index in [-0.39, 0.29) is 0 Å². The smallest absolute Gasteiger partial charge is 0.164 e. The number of fused-ring (bicyclic) bond motifs is 7. The van der Waals surface area contributed by atoms with E-state index >= 15 is 0 Å². The first-order valence-corrected chi connectivity index (χ1v) is 20.6. The van der Waals surface area contributed by atoms with Crippen LogP contribution in [0.3, 0.4) is 0 Å². The van der Waals surface area contributed by atoms with Crippen LogP contribution in [0.1, 0.15) is 0 Å². The maximum atomic E-state index is 6.94. The van der Waals surface area contributed by atoms with Gasteiger partial charge in [0.2, 0.25) is 0 Å². The second-order valence-electron chi connectivity index (χ2n) is 15.6. The Morgan fingerprint density at radius 2 is 0.770 bits per heavy atom. The zero-order valence-corrected chi connectivity index (χ0v) is 33.0. The largest absolute Gasteiger partial charge is 0.455 e. The molecule has 0 atom stereocenters. The molecule has 2 aromatic heterocycles. The van der Waals surface area contributed by atoms with Crippen LogP contribution in [0.25, 0.3) is 122 Å². The molecule has 2 heterocycles. The Kier molecular flexibility index (Phi) is 8.13. The molecule has 0 amide bonds. The topological polar surface area (TPSA) is 51.8 Å². The van der Waals surface area contributed by atoms with E-state index in [1.54, 1.807) is 0 Å². The van der Waals surface area contributed by atoms with E-state index in [0.717, 1.165) is 82.4 Å². The third-order valence-electron chi connectivity index (χ3n) is 11.9. The van der Waals surface area contributed by atoms with Crippen molar-refractivity contribution >= 4 is 54.3 Å². The Labute approximate surface area is 352 Å². The lowest BCUT2D eigenvalue weighted by Crippen LogP contribution is -2.01. The Hall–Kier alpha value is -8.21. The van der Waals surface area contributed by atoms with Gasteiger partial charge in [-0.25, -0.2) is 15.0 Å². The molecule has 284 valence electrons. The summed E-state index contributed by atoms with van der Waals surface area (Å²) in [5.41, 5.74) is 11.1. The van der Waals surface area contributed by atoms with Gasteiger partial charge >= 0.3 is 0 Å². The highest BCUT2D eigenvalue weighted by molar-refractivity contribution is 6.23. The Morgan fingerprint density at radius 1 is 0.279 bits per heavy atom. The van der Waals surface area contributed by atoms with Crippen LogP contribution < -0.4 is 0 Å². The zero-order chi connectivity index (χ0) is 40.3. The third-order valence-corrected chi connectivity index (χ3v) is 11.9. The van der Waals surface area contributed by atoms with E-state index in [1.165, 1.54) is 21.9 Å². The van der Waals surface area contributed by atoms with Gasteiger partial charge in [0.25, 0.3) is 0 Å². The van der Waals surface area contributed by atoms with Gasteiger partial charge in [-0.15, -0.1) is 0 Å². The van der Waals surface area contributed by atoms with E-state index in [2.05, 4.69) is 206 Å². The van der Waals surface area contributed by atoms with Crippen molar-refractivity contribution < 1.29 is 4.42 Å². The van der Waals surface area contributed by atoms with Crippen LogP contribution in [0.4, 0.5) is 0 Å². The van der Waals surface area contributed by atoms with Gasteiger partial charge in [-0.2, -0.15) is 0 Å². The minimum Gasteiger partial charge on any atom is -0.455 e. The van der Waals surface area contributed by atoms with Crippen LogP contribution in [-0.4, -0.2) is 15.0 Å². The van der Waals surface area contributed by atoms with E-state index in [0.29, 0.717) is 17.5 Å². The van der Waals surface area contributed by atoms with Crippen molar-refractivity contribution in [1.82, 2.24) is 15.0 Å². The lowest BCUT2D eigenvalue weighted by Gasteiger charge is -2.12. The minimum absolute atomic E-state index is 0.585. The van der Waals surface area contributed by atoms with Crippen LogP contribution in [-0.2, 0) is 0 Å². The zero-order valence-electron chi connectivity index (χ0n) is 33.0. The summed E-state index contributed by atoms with van der Waals surface area (Å²) in [7, 11) is 0. The Morgan fingerprint density at radius 3 is 1.52 bits per heavy atom. The molecule has 4 heteroatoms. The van der Waals surface area contributed by atoms with Crippen LogP contribution in [0.15, 0.2) is 217 Å². The predicted molar refractivity (Wildman–Crippen MR) is 252 cm³/mol. The van der Waals surface area contributed by atoms with Gasteiger partial charge < -0.3 is 4.42 Å². The molecule has 0 bridgehead atoms. The summed E-state index contributed by atoms with van der Waals surface area (Å²) < 4.78 is 6.94. The van der Waals surface area contributed by atoms with Crippen molar-refractivity contribution in [2.24, 2.45) is 0 Å². The maximum absolute atomic E-state index is 6.94. The molecule has 10 aromatic carbocycles. The molecule has 0 aliphatic heterocycles. The van der Waals surface area contributed by atoms with Crippen molar-refractivity contribution in [1.29, 1.82) is 0 Å². The van der Waals surface area contributed by atoms with Crippen molar-refractivity contribution in [2.45, 2.75) is 0 Å². The molecule has 0 radical (unpaired) electrons. The quantitative estimate of drug-likeness (QED) is 0.169. The van der Waals surface area contributed by atoms with Crippen LogP contribution >= 0.6 is 0 Å². The first-order chi connectivity index (χ1) is 30.2. The summed E-state index contributed by atoms with van der Waals surface area (Å²) in [5.74, 6) is 1.80. The molecule has 4 nitrogen and oxygen atoms in total. The van der Waals surface area contributed by atoms with Crippen LogP contribution in [0.5, 0.6) is 0 Å². The number of benzene rings is 10. The molecule has 0 aliphatic rings. The number of hydrogen-bond donors (Lipinski definition) is 0. The maximum Gasteiger partial charge on any atom is 0.164 e. The number of hydrogen-bond acceptors (Lipinski definition) is 4. The number of para-hydroxylation sites is 1. The normalized spacial score (nSPS) is 11.6. The molecule has 0 N–H and O–H groups in total. The first-order valence-electron chi connectivity index (χ1n) is 20.6. The second kappa shape index (κ2) is 14.3. The van der Waals surface area contributed by atoms with Crippen LogP contribution in [0.2, 0.25) is 0 Å². The predicted octanol–water partition coefficient (Wildman–Crippen LogP) is 15.2. The fourth-order valence-electron chi connectivity index (χ4n) is 8.84. The molecule has 0 unspecified atom stereocenters. The van der Waals surface area contributed by atoms with E-state index in [1.807, 2.05) is 6.07 Å². The monoisotopic (exact) mass is 777 g/mol. The molecule has 0 saturated carbocycles. The van der Waals surface area contributed by atoms with Crippen molar-refractivity contribution in [3.05, 3.63) is 212 Å². The third kappa shape index (κ3) is 6.12. The SMILES string of the molecule is c1ccc(-c2cccc(-c3nc(-c4ccc5ccccc5c4)nc(-c4cc5oc6c(-c7ccc(-c8ccc9ccccc9c8)cc7)cccc6c5c5ccccc45)n3)c2)cc1. The first kappa shape index (κ1) is 34.8. The van der Waals surface area contributed by atoms with E-state index in [9.17, 15) is 0 Å². The van der Waals surface area contributed by atoms with Crippen LogP contribution in [0, 0.1) is 0 Å². The second-order valence-corrected chi connectivity index (χ2v) is 15.6. The molecular formula is C57H35N3O. The lowest BCUT2D eigenvalue weighted by atomic mass is 9.96. The minimum atomic E-state index is 0.585. The number of rotatable bonds is 6. The highest BCUT2D eigenvalue weighted by atomic mass is 16.3. The van der Waals surface area contributed by atoms with Crippen molar-refractivity contribution in [3.8, 4) is 67.5 Å². The average molecular weight is 778 g/mol. The summed E-state index contributed by atoms with van der Waals surface area (Å²) in [6, 6.07) is 74.6. The van der Waals surface area contributed by atoms with E-state index < -0.39 is 0 Å². The summed E-state index contributed by atoms with van der Waals surface area (Å²) in [6.07, 6.45) is 0. The van der Waals surface area contributed by atoms with Gasteiger partial charge in [-0.05, 0) is 84.4 Å². The summed E-state index contributed by atoms with van der Waals surface area (Å²) in [5, 5.41) is 9.03. The van der Waals surface area contributed by atoms with Gasteiger partial charge in [0, 0.05) is 33.0 Å². The fraction of sp³-hybridized carbons (Fsp3) is 0. The molecule has 0 saturated heterocycles. The van der Waals surface area contributed by atoms with Gasteiger partial charge in [-0.3, -0.25) is 0 Å². The fourth-order valence-corrected chi connectivity index (χ4v) is 8.84. The van der Waals surface area contributed by atoms with Crippen molar-refractivity contribution in [2.75, 3.05) is 0 Å². The number of nitrogens with zero attached hydrogens (tertiary/aromatic N) is 3. The highest BCUT2D eigenvalue weighted by Gasteiger charge is 2.21. The van der Waals surface area contributed by atoms with Gasteiger partial charge in [0.05, 0.1) is 0 Å². The molecule has 12 rings (SSSR count). The number of aromatic nitrogens is 3. The number of furan rings is 1. The van der Waals surface area contributed by atoms with E-state index in [4.69, 9.17) is 19.4 Å². The summed E-state index contributed by atoms with van der Waals surface area (Å²) in [4.78, 5) is 15.7. The average Bonchev–Trinajstić information content (AvgIpc) is 3.73. The summed E-state index contributed by atoms with van der Waals surface area (Å²) in [6.45, 7) is 0.